The normalized spacial score (nSPS) is 18.9. The molecule has 2 saturated heterocycles. The van der Waals surface area contributed by atoms with Gasteiger partial charge in [-0.25, -0.2) is 22.5 Å². The largest absolute Gasteiger partial charge is 0.395 e. The predicted octanol–water partition coefficient (Wildman–Crippen LogP) is 3.57. The van der Waals surface area contributed by atoms with Crippen LogP contribution >= 0.6 is 0 Å². The van der Waals surface area contributed by atoms with E-state index >= 15 is 0 Å². The van der Waals surface area contributed by atoms with Gasteiger partial charge in [0.15, 0.2) is 11.6 Å². The fourth-order valence-corrected chi connectivity index (χ4v) is 6.51. The van der Waals surface area contributed by atoms with E-state index in [0.29, 0.717) is 28.3 Å². The molecule has 0 unspecified atom stereocenters. The average Bonchev–Trinajstić information content (AvgIpc) is 3.50. The Hall–Kier alpha value is -3.25. The second-order valence-electron chi connectivity index (χ2n) is 10.9. The lowest BCUT2D eigenvalue weighted by atomic mass is 9.93. The van der Waals surface area contributed by atoms with Crippen LogP contribution < -0.4 is 14.5 Å². The smallest absolute Gasteiger partial charge is 0.234 e. The lowest BCUT2D eigenvalue weighted by Crippen LogP contribution is -2.35. The number of rotatable bonds is 8. The number of sulfonamides is 1. The summed E-state index contributed by atoms with van der Waals surface area (Å²) in [6.45, 7) is 2.87. The Labute approximate surface area is 227 Å². The first kappa shape index (κ1) is 26.0. The summed E-state index contributed by atoms with van der Waals surface area (Å²) in [6, 6.07) is 8.39. The summed E-state index contributed by atoms with van der Waals surface area (Å²) < 4.78 is 43.5. The molecule has 6 rings (SSSR count). The van der Waals surface area contributed by atoms with E-state index in [9.17, 15) is 12.8 Å². The molecule has 0 radical (unpaired) electrons. The molecule has 10 nitrogen and oxygen atoms in total. The molecule has 1 aromatic carbocycles. The molecular formula is C27H34FN7O3S. The van der Waals surface area contributed by atoms with E-state index in [2.05, 4.69) is 24.9 Å². The van der Waals surface area contributed by atoms with E-state index in [4.69, 9.17) is 5.11 Å². The van der Waals surface area contributed by atoms with E-state index < -0.39 is 16.6 Å². The molecule has 3 aliphatic rings. The summed E-state index contributed by atoms with van der Waals surface area (Å²) in [5.74, 6) is -0.357. The highest BCUT2D eigenvalue weighted by Crippen LogP contribution is 2.54. The van der Waals surface area contributed by atoms with Gasteiger partial charge in [0, 0.05) is 26.2 Å². The van der Waals surface area contributed by atoms with Gasteiger partial charge < -0.3 is 14.9 Å². The Morgan fingerprint density at radius 1 is 0.923 bits per heavy atom. The third kappa shape index (κ3) is 5.58. The monoisotopic (exact) mass is 555 g/mol. The van der Waals surface area contributed by atoms with E-state index in [1.54, 1.807) is 23.0 Å². The Morgan fingerprint density at radius 3 is 2.41 bits per heavy atom. The molecule has 1 spiro atoms. The van der Waals surface area contributed by atoms with Crippen LogP contribution in [0, 0.1) is 11.2 Å². The maximum absolute atomic E-state index is 14.6. The van der Waals surface area contributed by atoms with Crippen LogP contribution in [0.2, 0.25) is 0 Å². The highest BCUT2D eigenvalue weighted by atomic mass is 32.2. The number of hydrogen-bond donors (Lipinski definition) is 2. The number of aliphatic hydroxyl groups is 1. The van der Waals surface area contributed by atoms with Gasteiger partial charge in [-0.05, 0) is 80.7 Å². The highest BCUT2D eigenvalue weighted by Gasteiger charge is 2.44. The average molecular weight is 556 g/mol. The molecule has 0 atom stereocenters. The van der Waals surface area contributed by atoms with Gasteiger partial charge in [-0.1, -0.05) is 5.21 Å². The van der Waals surface area contributed by atoms with Crippen LogP contribution in [0.25, 0.3) is 17.1 Å². The lowest BCUT2D eigenvalue weighted by molar-refractivity contribution is 0.320. The molecular weight excluding hydrogens is 521 g/mol. The number of halogens is 1. The van der Waals surface area contributed by atoms with Crippen LogP contribution in [0.4, 0.5) is 21.6 Å². The lowest BCUT2D eigenvalue weighted by Gasteiger charge is -2.35. The van der Waals surface area contributed by atoms with Gasteiger partial charge in [0.25, 0.3) is 0 Å². The van der Waals surface area contributed by atoms with Crippen LogP contribution in [0.5, 0.6) is 0 Å². The fraction of sp³-hybridized carbons (Fsp3) is 0.519. The minimum Gasteiger partial charge on any atom is -0.395 e. The molecule has 3 fully saturated rings. The minimum absolute atomic E-state index is 0.340. The number of anilines is 3. The van der Waals surface area contributed by atoms with Crippen molar-refractivity contribution in [2.75, 3.05) is 53.1 Å². The predicted molar refractivity (Wildman–Crippen MR) is 148 cm³/mol. The van der Waals surface area contributed by atoms with Gasteiger partial charge in [0.05, 0.1) is 41.3 Å². The van der Waals surface area contributed by atoms with Crippen molar-refractivity contribution in [2.45, 2.75) is 44.9 Å². The molecule has 39 heavy (non-hydrogen) atoms. The summed E-state index contributed by atoms with van der Waals surface area (Å²) in [5, 5.41) is 17.8. The maximum atomic E-state index is 14.6. The molecule has 1 aliphatic carbocycles. The van der Waals surface area contributed by atoms with E-state index in [0.717, 1.165) is 69.7 Å². The summed E-state index contributed by atoms with van der Waals surface area (Å²) in [4.78, 5) is 8.87. The number of aliphatic hydroxyl groups excluding tert-OH is 1. The van der Waals surface area contributed by atoms with Crippen molar-refractivity contribution in [2.24, 2.45) is 5.41 Å². The molecule has 208 valence electrons. The molecule has 2 N–H and O–H groups in total. The van der Waals surface area contributed by atoms with Crippen LogP contribution in [0.15, 0.2) is 36.5 Å². The minimum atomic E-state index is -3.66. The van der Waals surface area contributed by atoms with Gasteiger partial charge in [-0.2, -0.15) is 0 Å². The molecule has 3 aromatic rings. The van der Waals surface area contributed by atoms with Crippen LogP contribution in [0.3, 0.4) is 0 Å². The SMILES string of the molecule is O=S(=O)(CCO)Nc1ccc(-n2cc(-c3ccc(F)c(N4CCCCC4)n3)nn2)c(N2CCC3(CC2)CC3)c1. The van der Waals surface area contributed by atoms with Crippen molar-refractivity contribution in [3.63, 3.8) is 0 Å². The van der Waals surface area contributed by atoms with Crippen LogP contribution in [-0.4, -0.2) is 72.0 Å². The van der Waals surface area contributed by atoms with E-state index in [1.165, 1.54) is 18.9 Å². The summed E-state index contributed by atoms with van der Waals surface area (Å²) in [6.07, 6.45) is 9.75. The Balaban J connectivity index is 1.32. The Morgan fingerprint density at radius 2 is 1.69 bits per heavy atom. The first-order chi connectivity index (χ1) is 18.8. The van der Waals surface area contributed by atoms with Crippen molar-refractivity contribution in [1.82, 2.24) is 20.0 Å². The van der Waals surface area contributed by atoms with E-state index in [-0.39, 0.29) is 11.6 Å². The molecule has 4 heterocycles. The van der Waals surface area contributed by atoms with Gasteiger partial charge in [-0.3, -0.25) is 4.72 Å². The summed E-state index contributed by atoms with van der Waals surface area (Å²) >= 11 is 0. The first-order valence-electron chi connectivity index (χ1n) is 13.7. The molecule has 1 saturated carbocycles. The van der Waals surface area contributed by atoms with Crippen molar-refractivity contribution in [3.8, 4) is 17.1 Å². The molecule has 0 amide bonds. The molecule has 2 aromatic heterocycles. The summed E-state index contributed by atoms with van der Waals surface area (Å²) in [7, 11) is -3.66. The molecule has 12 heteroatoms. The van der Waals surface area contributed by atoms with Crippen molar-refractivity contribution >= 4 is 27.2 Å². The molecule has 2 aliphatic heterocycles. The zero-order valence-corrected chi connectivity index (χ0v) is 22.7. The van der Waals surface area contributed by atoms with E-state index in [1.807, 2.05) is 17.0 Å². The quantitative estimate of drug-likeness (QED) is 0.433. The summed E-state index contributed by atoms with van der Waals surface area (Å²) in [5.41, 5.74) is 3.61. The Bertz CT molecular complexity index is 1440. The zero-order chi connectivity index (χ0) is 27.0. The second-order valence-corrected chi connectivity index (χ2v) is 12.8. The topological polar surface area (TPSA) is 116 Å². The third-order valence-electron chi connectivity index (χ3n) is 8.22. The van der Waals surface area contributed by atoms with Gasteiger partial charge in [-0.15, -0.1) is 5.10 Å². The number of nitrogens with one attached hydrogen (secondary N) is 1. The van der Waals surface area contributed by atoms with Crippen LogP contribution in [-0.2, 0) is 10.0 Å². The third-order valence-corrected chi connectivity index (χ3v) is 9.48. The van der Waals surface area contributed by atoms with Crippen LogP contribution in [0.1, 0.15) is 44.9 Å². The second kappa shape index (κ2) is 10.4. The number of hydrogen-bond acceptors (Lipinski definition) is 8. The van der Waals surface area contributed by atoms with Crippen molar-refractivity contribution in [1.29, 1.82) is 0 Å². The standard InChI is InChI=1S/C27H34FN7O3S/c28-21-5-6-22(29-26(21)34-12-2-1-3-13-34)23-19-35(32-30-23)24-7-4-20(31-39(37,38)17-16-36)18-25(24)33-14-10-27(8-9-27)11-15-33/h4-7,18-19,31,36H,1-3,8-17H2. The van der Waals surface area contributed by atoms with Gasteiger partial charge in [0.1, 0.15) is 5.69 Å². The number of benzene rings is 1. The Kier molecular flexibility index (Phi) is 6.92. The number of aromatic nitrogens is 4. The van der Waals surface area contributed by atoms with Gasteiger partial charge in [0.2, 0.25) is 10.0 Å². The number of nitrogens with zero attached hydrogens (tertiary/aromatic N) is 6. The molecule has 0 bridgehead atoms. The van der Waals surface area contributed by atoms with Crippen molar-refractivity contribution in [3.05, 3.63) is 42.3 Å². The fourth-order valence-electron chi connectivity index (χ4n) is 5.68. The van der Waals surface area contributed by atoms with Gasteiger partial charge >= 0.3 is 0 Å². The maximum Gasteiger partial charge on any atom is 0.234 e. The van der Waals surface area contributed by atoms with Crippen molar-refractivity contribution < 1.29 is 17.9 Å². The number of piperidine rings is 2. The highest BCUT2D eigenvalue weighted by molar-refractivity contribution is 7.92. The zero-order valence-electron chi connectivity index (χ0n) is 21.9. The number of pyridine rings is 1. The first-order valence-corrected chi connectivity index (χ1v) is 15.3.